The van der Waals surface area contributed by atoms with Crippen molar-refractivity contribution in [2.24, 2.45) is 0 Å². The van der Waals surface area contributed by atoms with Crippen molar-refractivity contribution in [2.45, 2.75) is 0 Å². The highest BCUT2D eigenvalue weighted by molar-refractivity contribution is 5.53. The maximum atomic E-state index is 4.02. The van der Waals surface area contributed by atoms with Crippen molar-refractivity contribution < 1.29 is 0 Å². The molecule has 3 aromatic rings. The van der Waals surface area contributed by atoms with Gasteiger partial charge in [0.25, 0.3) is 0 Å². The number of rotatable bonds is 1. The van der Waals surface area contributed by atoms with E-state index in [1.165, 1.54) is 0 Å². The molecule has 4 heteroatoms. The number of aromatic amines is 1. The van der Waals surface area contributed by atoms with E-state index in [9.17, 15) is 0 Å². The van der Waals surface area contributed by atoms with Crippen LogP contribution in [0.2, 0.25) is 0 Å². The van der Waals surface area contributed by atoms with Crippen molar-refractivity contribution in [3.8, 4) is 11.4 Å². The van der Waals surface area contributed by atoms with Gasteiger partial charge in [-0.1, -0.05) is 36.4 Å². The number of nitrogens with one attached hydrogen (secondary N) is 1. The van der Waals surface area contributed by atoms with Crippen LogP contribution in [0.4, 0.5) is 0 Å². The number of hydrogen-bond acceptors (Lipinski definition) is 3. The molecule has 0 radical (unpaired) electrons. The van der Waals surface area contributed by atoms with Crippen molar-refractivity contribution >= 4 is 0 Å². The van der Waals surface area contributed by atoms with Crippen LogP contribution in [0.5, 0.6) is 0 Å². The van der Waals surface area contributed by atoms with Gasteiger partial charge in [0.1, 0.15) is 6.33 Å². The third-order valence-electron chi connectivity index (χ3n) is 2.01. The van der Waals surface area contributed by atoms with E-state index in [4.69, 9.17) is 0 Å². The van der Waals surface area contributed by atoms with Gasteiger partial charge in [0.2, 0.25) is 0 Å². The van der Waals surface area contributed by atoms with Crippen LogP contribution in [-0.2, 0) is 0 Å². The molecule has 2 aromatic heterocycles. The molecule has 0 saturated carbocycles. The molecule has 4 nitrogen and oxygen atoms in total. The van der Waals surface area contributed by atoms with Crippen LogP contribution in [0.3, 0.4) is 0 Å². The minimum Gasteiger partial charge on any atom is -0.265 e. The van der Waals surface area contributed by atoms with Crippen LogP contribution >= 0.6 is 0 Å². The lowest BCUT2D eigenvalue weighted by molar-refractivity contribution is 1.10. The molecular weight excluding hydrogens is 212 g/mol. The molecule has 0 fully saturated rings. The Bertz CT molecular complexity index is 479. The smallest absolute Gasteiger partial charge is 0.180 e. The van der Waals surface area contributed by atoms with Gasteiger partial charge in [-0.05, 0) is 12.1 Å². The van der Waals surface area contributed by atoms with E-state index in [2.05, 4.69) is 20.2 Å². The van der Waals surface area contributed by atoms with Crippen molar-refractivity contribution in [2.75, 3.05) is 0 Å². The molecule has 0 bridgehead atoms. The first kappa shape index (κ1) is 11.0. The molecular formula is C13H12N4. The summed E-state index contributed by atoms with van der Waals surface area (Å²) < 4.78 is 0. The first-order valence-corrected chi connectivity index (χ1v) is 5.23. The van der Waals surface area contributed by atoms with Crippen LogP contribution < -0.4 is 0 Å². The maximum Gasteiger partial charge on any atom is 0.180 e. The Kier molecular flexibility index (Phi) is 4.00. The molecule has 1 aromatic carbocycles. The van der Waals surface area contributed by atoms with E-state index in [-0.39, 0.29) is 0 Å². The molecule has 17 heavy (non-hydrogen) atoms. The molecule has 3 rings (SSSR count). The Morgan fingerprint density at radius 2 is 1.53 bits per heavy atom. The summed E-state index contributed by atoms with van der Waals surface area (Å²) in [5, 5.41) is 6.62. The molecule has 1 N–H and O–H groups in total. The molecule has 0 unspecified atom stereocenters. The summed E-state index contributed by atoms with van der Waals surface area (Å²) >= 11 is 0. The summed E-state index contributed by atoms with van der Waals surface area (Å²) in [7, 11) is 0. The zero-order chi connectivity index (χ0) is 11.8. The Morgan fingerprint density at radius 1 is 0.824 bits per heavy atom. The normalized spacial score (nSPS) is 9.18. The van der Waals surface area contributed by atoms with Crippen molar-refractivity contribution in [3.05, 3.63) is 67.3 Å². The monoisotopic (exact) mass is 224 g/mol. The second kappa shape index (κ2) is 6.17. The average Bonchev–Trinajstić information content (AvgIpc) is 2.96. The van der Waals surface area contributed by atoms with E-state index < -0.39 is 0 Å². The molecule has 0 aliphatic rings. The fourth-order valence-corrected chi connectivity index (χ4v) is 1.25. The highest BCUT2D eigenvalue weighted by Gasteiger charge is 1.97. The van der Waals surface area contributed by atoms with E-state index >= 15 is 0 Å². The zero-order valence-electron chi connectivity index (χ0n) is 9.19. The molecule has 84 valence electrons. The summed E-state index contributed by atoms with van der Waals surface area (Å²) in [4.78, 5) is 7.80. The van der Waals surface area contributed by atoms with E-state index in [1.807, 2.05) is 48.5 Å². The summed E-state index contributed by atoms with van der Waals surface area (Å²) in [6.07, 6.45) is 5.07. The van der Waals surface area contributed by atoms with Gasteiger partial charge in [-0.2, -0.15) is 5.10 Å². The van der Waals surface area contributed by atoms with Crippen LogP contribution in [-0.4, -0.2) is 20.2 Å². The van der Waals surface area contributed by atoms with Crippen molar-refractivity contribution in [1.82, 2.24) is 20.2 Å². The number of benzene rings is 1. The number of aromatic nitrogens is 4. The van der Waals surface area contributed by atoms with E-state index in [0.29, 0.717) is 0 Å². The standard InChI is InChI=1S/C8H7N3.C5H5N/c1-2-4-7(5-3-1)8-9-6-10-11-8;1-2-4-6-5-3-1/h1-6H,(H,9,10,11);1-5H. The Morgan fingerprint density at radius 3 is 2.00 bits per heavy atom. The Balaban J connectivity index is 0.000000153. The highest BCUT2D eigenvalue weighted by atomic mass is 15.2. The van der Waals surface area contributed by atoms with Gasteiger partial charge in [-0.3, -0.25) is 10.1 Å². The fraction of sp³-hybridized carbons (Fsp3) is 0. The quantitative estimate of drug-likeness (QED) is 0.691. The number of H-pyrrole nitrogens is 1. The summed E-state index contributed by atoms with van der Waals surface area (Å²) in [5.74, 6) is 0.741. The van der Waals surface area contributed by atoms with Crippen LogP contribution in [0, 0.1) is 0 Å². The number of pyridine rings is 1. The minimum absolute atomic E-state index is 0.741. The van der Waals surface area contributed by atoms with Crippen molar-refractivity contribution in [3.63, 3.8) is 0 Å². The van der Waals surface area contributed by atoms with Crippen LogP contribution in [0.25, 0.3) is 11.4 Å². The predicted molar refractivity (Wildman–Crippen MR) is 66.1 cm³/mol. The minimum atomic E-state index is 0.741. The first-order chi connectivity index (χ1) is 8.47. The van der Waals surface area contributed by atoms with E-state index in [1.54, 1.807) is 18.7 Å². The maximum absolute atomic E-state index is 4.02. The van der Waals surface area contributed by atoms with Crippen LogP contribution in [0.15, 0.2) is 67.3 Å². The zero-order valence-corrected chi connectivity index (χ0v) is 9.19. The van der Waals surface area contributed by atoms with Gasteiger partial charge in [-0.25, -0.2) is 4.98 Å². The Hall–Kier alpha value is -2.49. The van der Waals surface area contributed by atoms with Crippen LogP contribution in [0.1, 0.15) is 0 Å². The van der Waals surface area contributed by atoms with Gasteiger partial charge in [0, 0.05) is 18.0 Å². The van der Waals surface area contributed by atoms with Gasteiger partial charge >= 0.3 is 0 Å². The van der Waals surface area contributed by atoms with Gasteiger partial charge in [0.05, 0.1) is 0 Å². The van der Waals surface area contributed by atoms with Gasteiger partial charge in [-0.15, -0.1) is 0 Å². The molecule has 0 saturated heterocycles. The second-order valence-corrected chi connectivity index (χ2v) is 3.21. The number of hydrogen-bond donors (Lipinski definition) is 1. The summed E-state index contributed by atoms with van der Waals surface area (Å²) in [6.45, 7) is 0. The molecule has 0 spiro atoms. The second-order valence-electron chi connectivity index (χ2n) is 3.21. The average molecular weight is 224 g/mol. The molecule has 0 aliphatic heterocycles. The molecule has 0 atom stereocenters. The summed E-state index contributed by atoms with van der Waals surface area (Å²) in [5.41, 5.74) is 1.04. The topological polar surface area (TPSA) is 54.5 Å². The molecule has 0 amide bonds. The third-order valence-corrected chi connectivity index (χ3v) is 2.01. The third kappa shape index (κ3) is 3.53. The summed E-state index contributed by atoms with van der Waals surface area (Å²) in [6, 6.07) is 15.6. The van der Waals surface area contributed by atoms with E-state index in [0.717, 1.165) is 11.4 Å². The molecule has 2 heterocycles. The molecule has 0 aliphatic carbocycles. The lowest BCUT2D eigenvalue weighted by Gasteiger charge is -1.90. The Labute approximate surface area is 99.4 Å². The highest BCUT2D eigenvalue weighted by Crippen LogP contribution is 2.10. The van der Waals surface area contributed by atoms with Gasteiger partial charge < -0.3 is 0 Å². The lowest BCUT2D eigenvalue weighted by Crippen LogP contribution is -1.78. The first-order valence-electron chi connectivity index (χ1n) is 5.23. The lowest BCUT2D eigenvalue weighted by atomic mass is 10.2. The van der Waals surface area contributed by atoms with Gasteiger partial charge in [0.15, 0.2) is 5.82 Å². The SMILES string of the molecule is c1ccc(-c2nc[nH]n2)cc1.c1ccncc1. The fourth-order valence-electron chi connectivity index (χ4n) is 1.25. The number of nitrogens with zero attached hydrogens (tertiary/aromatic N) is 3. The van der Waals surface area contributed by atoms with Crippen molar-refractivity contribution in [1.29, 1.82) is 0 Å². The largest absolute Gasteiger partial charge is 0.265 e. The predicted octanol–water partition coefficient (Wildman–Crippen LogP) is 2.55.